The molecule has 0 saturated carbocycles. The van der Waals surface area contributed by atoms with Gasteiger partial charge in [0, 0.05) is 12.1 Å². The fraction of sp³-hybridized carbons (Fsp3) is 0.222. The van der Waals surface area contributed by atoms with Crippen molar-refractivity contribution >= 4 is 27.4 Å². The lowest BCUT2D eigenvalue weighted by Crippen LogP contribution is -2.04. The standard InChI is InChI=1S/C18H19N3O2S/c1-4-5-13-8-12(9-15(22-2)16(13)23-3)10-19-17-14-6-7-24-18(14)21-11-20-17/h4,6-9,11H,1,5,10H2,2-3H3,(H,19,20,21). The number of methoxy groups -OCH3 is 2. The van der Waals surface area contributed by atoms with Crippen molar-refractivity contribution in [2.24, 2.45) is 0 Å². The van der Waals surface area contributed by atoms with Crippen molar-refractivity contribution in [3.8, 4) is 11.5 Å². The lowest BCUT2D eigenvalue weighted by Gasteiger charge is -2.15. The van der Waals surface area contributed by atoms with Crippen LogP contribution >= 0.6 is 11.3 Å². The van der Waals surface area contributed by atoms with E-state index in [1.54, 1.807) is 31.9 Å². The molecule has 0 aliphatic rings. The summed E-state index contributed by atoms with van der Waals surface area (Å²) in [6, 6.07) is 6.10. The fourth-order valence-corrected chi connectivity index (χ4v) is 3.37. The number of thiophene rings is 1. The summed E-state index contributed by atoms with van der Waals surface area (Å²) in [6.45, 7) is 4.44. The first kappa shape index (κ1) is 16.3. The van der Waals surface area contributed by atoms with Gasteiger partial charge in [-0.05, 0) is 35.6 Å². The van der Waals surface area contributed by atoms with Crippen molar-refractivity contribution in [3.05, 3.63) is 53.7 Å². The lowest BCUT2D eigenvalue weighted by molar-refractivity contribution is 0.352. The van der Waals surface area contributed by atoms with E-state index in [2.05, 4.69) is 27.9 Å². The molecule has 3 rings (SSSR count). The number of rotatable bonds is 7. The molecular formula is C18H19N3O2S. The molecule has 0 saturated heterocycles. The van der Waals surface area contributed by atoms with Crippen molar-refractivity contribution < 1.29 is 9.47 Å². The third-order valence-corrected chi connectivity index (χ3v) is 4.52. The van der Waals surface area contributed by atoms with E-state index in [4.69, 9.17) is 9.47 Å². The largest absolute Gasteiger partial charge is 0.493 e. The highest BCUT2D eigenvalue weighted by atomic mass is 32.1. The predicted octanol–water partition coefficient (Wildman–Crippen LogP) is 4.05. The van der Waals surface area contributed by atoms with Crippen LogP contribution in [0.15, 0.2) is 42.6 Å². The molecule has 0 unspecified atom stereocenters. The molecule has 0 bridgehead atoms. The Morgan fingerprint density at radius 3 is 2.88 bits per heavy atom. The third kappa shape index (κ3) is 3.19. The number of benzene rings is 1. The Hall–Kier alpha value is -2.60. The molecule has 24 heavy (non-hydrogen) atoms. The molecule has 6 heteroatoms. The van der Waals surface area contributed by atoms with Gasteiger partial charge in [-0.3, -0.25) is 0 Å². The highest BCUT2D eigenvalue weighted by molar-refractivity contribution is 7.16. The summed E-state index contributed by atoms with van der Waals surface area (Å²) in [6.07, 6.45) is 4.16. The Balaban J connectivity index is 1.88. The highest BCUT2D eigenvalue weighted by Gasteiger charge is 2.12. The Morgan fingerprint density at radius 1 is 1.25 bits per heavy atom. The molecule has 0 amide bonds. The van der Waals surface area contributed by atoms with E-state index in [0.717, 1.165) is 45.1 Å². The number of fused-ring (bicyclic) bond motifs is 1. The number of allylic oxidation sites excluding steroid dienone is 1. The molecule has 1 N–H and O–H groups in total. The van der Waals surface area contributed by atoms with Gasteiger partial charge in [0.25, 0.3) is 0 Å². The maximum Gasteiger partial charge on any atom is 0.164 e. The summed E-state index contributed by atoms with van der Waals surface area (Å²) < 4.78 is 10.9. The van der Waals surface area contributed by atoms with Crippen molar-refractivity contribution in [1.29, 1.82) is 0 Å². The van der Waals surface area contributed by atoms with Crippen LogP contribution in [0.5, 0.6) is 11.5 Å². The number of nitrogens with one attached hydrogen (secondary N) is 1. The first-order valence-electron chi connectivity index (χ1n) is 7.53. The minimum absolute atomic E-state index is 0.631. The number of hydrogen-bond acceptors (Lipinski definition) is 6. The lowest BCUT2D eigenvalue weighted by atomic mass is 10.1. The van der Waals surface area contributed by atoms with Gasteiger partial charge in [-0.15, -0.1) is 17.9 Å². The summed E-state index contributed by atoms with van der Waals surface area (Å²) in [5.41, 5.74) is 2.14. The van der Waals surface area contributed by atoms with E-state index in [0.29, 0.717) is 6.54 Å². The van der Waals surface area contributed by atoms with Crippen LogP contribution in [0.4, 0.5) is 5.82 Å². The molecular weight excluding hydrogens is 322 g/mol. The zero-order chi connectivity index (χ0) is 16.9. The van der Waals surface area contributed by atoms with Gasteiger partial charge in [0.15, 0.2) is 11.5 Å². The van der Waals surface area contributed by atoms with Crippen LogP contribution in [0.25, 0.3) is 10.2 Å². The van der Waals surface area contributed by atoms with Crippen LogP contribution in [0.1, 0.15) is 11.1 Å². The average molecular weight is 341 g/mol. The highest BCUT2D eigenvalue weighted by Crippen LogP contribution is 2.33. The SMILES string of the molecule is C=CCc1cc(CNc2ncnc3sccc23)cc(OC)c1OC. The molecule has 0 aliphatic carbocycles. The summed E-state index contributed by atoms with van der Waals surface area (Å²) in [5.74, 6) is 2.31. The van der Waals surface area contributed by atoms with E-state index in [-0.39, 0.29) is 0 Å². The van der Waals surface area contributed by atoms with Crippen LogP contribution in [-0.2, 0) is 13.0 Å². The number of aromatic nitrogens is 2. The van der Waals surface area contributed by atoms with Crippen LogP contribution in [-0.4, -0.2) is 24.2 Å². The molecule has 1 aromatic carbocycles. The smallest absolute Gasteiger partial charge is 0.164 e. The van der Waals surface area contributed by atoms with Crippen LogP contribution in [0.2, 0.25) is 0 Å². The van der Waals surface area contributed by atoms with Gasteiger partial charge in [-0.2, -0.15) is 0 Å². The van der Waals surface area contributed by atoms with Crippen molar-refractivity contribution in [3.63, 3.8) is 0 Å². The molecule has 0 radical (unpaired) electrons. The first-order valence-corrected chi connectivity index (χ1v) is 8.41. The van der Waals surface area contributed by atoms with Crippen LogP contribution in [0, 0.1) is 0 Å². The zero-order valence-corrected chi connectivity index (χ0v) is 14.5. The second kappa shape index (κ2) is 7.31. The minimum Gasteiger partial charge on any atom is -0.493 e. The van der Waals surface area contributed by atoms with E-state index >= 15 is 0 Å². The molecule has 0 fully saturated rings. The number of ether oxygens (including phenoxy) is 2. The van der Waals surface area contributed by atoms with Crippen molar-refractivity contribution in [2.45, 2.75) is 13.0 Å². The Kier molecular flexibility index (Phi) is 4.96. The minimum atomic E-state index is 0.631. The molecule has 5 nitrogen and oxygen atoms in total. The number of nitrogens with zero attached hydrogens (tertiary/aromatic N) is 2. The second-order valence-electron chi connectivity index (χ2n) is 5.20. The van der Waals surface area contributed by atoms with Gasteiger partial charge < -0.3 is 14.8 Å². The number of anilines is 1. The molecule has 3 aromatic rings. The topological polar surface area (TPSA) is 56.3 Å². The van der Waals surface area contributed by atoms with Gasteiger partial charge in [0.2, 0.25) is 0 Å². The summed E-state index contributed by atoms with van der Waals surface area (Å²) in [7, 11) is 3.29. The summed E-state index contributed by atoms with van der Waals surface area (Å²) >= 11 is 1.60. The molecule has 0 atom stereocenters. The average Bonchev–Trinajstić information content (AvgIpc) is 3.09. The summed E-state index contributed by atoms with van der Waals surface area (Å²) in [5, 5.41) is 6.43. The van der Waals surface area contributed by atoms with Gasteiger partial charge in [0.05, 0.1) is 19.6 Å². The van der Waals surface area contributed by atoms with Crippen molar-refractivity contribution in [2.75, 3.05) is 19.5 Å². The molecule has 2 heterocycles. The maximum absolute atomic E-state index is 5.47. The van der Waals surface area contributed by atoms with Gasteiger partial charge >= 0.3 is 0 Å². The van der Waals surface area contributed by atoms with Crippen LogP contribution in [0.3, 0.4) is 0 Å². The van der Waals surface area contributed by atoms with E-state index in [9.17, 15) is 0 Å². The van der Waals surface area contributed by atoms with Crippen molar-refractivity contribution in [1.82, 2.24) is 9.97 Å². The van der Waals surface area contributed by atoms with E-state index < -0.39 is 0 Å². The summed E-state index contributed by atoms with van der Waals surface area (Å²) in [4.78, 5) is 9.59. The normalized spacial score (nSPS) is 10.6. The number of hydrogen-bond donors (Lipinski definition) is 1. The molecule has 0 spiro atoms. The molecule has 0 aliphatic heterocycles. The third-order valence-electron chi connectivity index (χ3n) is 3.70. The monoisotopic (exact) mass is 341 g/mol. The maximum atomic E-state index is 5.47. The quantitative estimate of drug-likeness (QED) is 0.657. The van der Waals surface area contributed by atoms with E-state index in [1.807, 2.05) is 23.6 Å². The van der Waals surface area contributed by atoms with Crippen LogP contribution < -0.4 is 14.8 Å². The fourth-order valence-electron chi connectivity index (χ4n) is 2.63. The first-order chi connectivity index (χ1) is 11.8. The zero-order valence-electron chi connectivity index (χ0n) is 13.7. The Bertz CT molecular complexity index is 861. The predicted molar refractivity (Wildman–Crippen MR) is 98.2 cm³/mol. The second-order valence-corrected chi connectivity index (χ2v) is 6.09. The Morgan fingerprint density at radius 2 is 2.12 bits per heavy atom. The molecule has 2 aromatic heterocycles. The van der Waals surface area contributed by atoms with Gasteiger partial charge in [0.1, 0.15) is 17.0 Å². The van der Waals surface area contributed by atoms with E-state index in [1.165, 1.54) is 0 Å². The van der Waals surface area contributed by atoms with Gasteiger partial charge in [-0.1, -0.05) is 6.08 Å². The van der Waals surface area contributed by atoms with Gasteiger partial charge in [-0.25, -0.2) is 9.97 Å². The Labute approximate surface area is 145 Å². The molecule has 124 valence electrons.